The Labute approximate surface area is 208 Å². The van der Waals surface area contributed by atoms with E-state index in [4.69, 9.17) is 9.47 Å². The molecule has 6 nitrogen and oxygen atoms in total. The van der Waals surface area contributed by atoms with Gasteiger partial charge in [0, 0.05) is 6.42 Å². The average Bonchev–Trinajstić information content (AvgIpc) is 3.56. The van der Waals surface area contributed by atoms with Gasteiger partial charge in [0.1, 0.15) is 23.4 Å². The average molecular weight is 481 g/mol. The van der Waals surface area contributed by atoms with E-state index in [0.717, 1.165) is 16.7 Å². The number of ether oxygens (including phenoxy) is 2. The van der Waals surface area contributed by atoms with Gasteiger partial charge in [0.15, 0.2) is 11.5 Å². The second kappa shape index (κ2) is 9.60. The van der Waals surface area contributed by atoms with Gasteiger partial charge in [0.05, 0.1) is 25.2 Å². The molecule has 0 radical (unpaired) electrons. The maximum Gasteiger partial charge on any atom is 0.162 e. The van der Waals surface area contributed by atoms with E-state index in [1.165, 1.54) is 0 Å². The minimum absolute atomic E-state index is 0.196. The first-order chi connectivity index (χ1) is 17.7. The quantitative estimate of drug-likeness (QED) is 0.310. The number of nitrogens with one attached hydrogen (secondary N) is 1. The number of aromatic amines is 1. The van der Waals surface area contributed by atoms with Gasteiger partial charge in [0.25, 0.3) is 0 Å². The van der Waals surface area contributed by atoms with E-state index < -0.39 is 24.0 Å². The second-order valence-electron chi connectivity index (χ2n) is 8.89. The molecule has 1 fully saturated rings. The van der Waals surface area contributed by atoms with Crippen molar-refractivity contribution in [2.45, 2.75) is 30.4 Å². The SMILES string of the molecule is F[C@H]1C[C@@H](COC(c2ccccc2)(c2ccccc2)c2ccccc2)O[C@H]1c1ncc2nc[nH]c2n1. The third kappa shape index (κ3) is 4.06. The number of fused-ring (bicyclic) bond motifs is 1. The lowest BCUT2D eigenvalue weighted by atomic mass is 9.80. The van der Waals surface area contributed by atoms with E-state index >= 15 is 4.39 Å². The van der Waals surface area contributed by atoms with Crippen LogP contribution in [0.2, 0.25) is 0 Å². The van der Waals surface area contributed by atoms with Crippen LogP contribution < -0.4 is 0 Å². The Morgan fingerprint density at radius 1 is 0.861 bits per heavy atom. The van der Waals surface area contributed by atoms with Crippen LogP contribution in [-0.2, 0) is 15.1 Å². The lowest BCUT2D eigenvalue weighted by Gasteiger charge is -2.36. The fraction of sp³-hybridized carbons (Fsp3) is 0.207. The fourth-order valence-electron chi connectivity index (χ4n) is 4.93. The largest absolute Gasteiger partial charge is 0.361 e. The third-order valence-electron chi connectivity index (χ3n) is 6.63. The van der Waals surface area contributed by atoms with Gasteiger partial charge in [-0.2, -0.15) is 0 Å². The summed E-state index contributed by atoms with van der Waals surface area (Å²) in [6, 6.07) is 30.3. The molecule has 0 aliphatic carbocycles. The first kappa shape index (κ1) is 22.5. The zero-order valence-electron chi connectivity index (χ0n) is 19.5. The molecule has 0 bridgehead atoms. The summed E-state index contributed by atoms with van der Waals surface area (Å²) in [4.78, 5) is 15.8. The van der Waals surface area contributed by atoms with Crippen LogP contribution in [0.15, 0.2) is 104 Å². The molecule has 0 spiro atoms. The molecule has 0 unspecified atom stereocenters. The molecular weight excluding hydrogens is 455 g/mol. The van der Waals surface area contributed by atoms with E-state index in [1.54, 1.807) is 12.5 Å². The lowest BCUT2D eigenvalue weighted by Crippen LogP contribution is -2.35. The smallest absolute Gasteiger partial charge is 0.162 e. The number of nitrogens with zero attached hydrogens (tertiary/aromatic N) is 3. The Morgan fingerprint density at radius 2 is 1.44 bits per heavy atom. The van der Waals surface area contributed by atoms with Gasteiger partial charge in [-0.1, -0.05) is 91.0 Å². The second-order valence-corrected chi connectivity index (χ2v) is 8.89. The number of rotatable bonds is 7. The number of hydrogen-bond donors (Lipinski definition) is 1. The molecule has 0 saturated carbocycles. The molecule has 36 heavy (non-hydrogen) atoms. The zero-order chi connectivity index (χ0) is 24.4. The zero-order valence-corrected chi connectivity index (χ0v) is 19.5. The minimum atomic E-state index is -1.24. The van der Waals surface area contributed by atoms with Crippen molar-refractivity contribution < 1.29 is 13.9 Å². The van der Waals surface area contributed by atoms with Gasteiger partial charge in [-0.3, -0.25) is 0 Å². The molecule has 6 rings (SSSR count). The van der Waals surface area contributed by atoms with Crippen LogP contribution in [0.1, 0.15) is 35.0 Å². The highest BCUT2D eigenvalue weighted by molar-refractivity contribution is 5.68. The van der Waals surface area contributed by atoms with Gasteiger partial charge >= 0.3 is 0 Å². The Morgan fingerprint density at radius 3 is 2.03 bits per heavy atom. The summed E-state index contributed by atoms with van der Waals surface area (Å²) in [6.45, 7) is 0.196. The highest BCUT2D eigenvalue weighted by Gasteiger charge is 2.42. The van der Waals surface area contributed by atoms with Crippen molar-refractivity contribution in [2.24, 2.45) is 0 Å². The van der Waals surface area contributed by atoms with Crippen LogP contribution in [0.25, 0.3) is 11.2 Å². The van der Waals surface area contributed by atoms with Gasteiger partial charge < -0.3 is 14.5 Å². The molecule has 3 heterocycles. The van der Waals surface area contributed by atoms with Gasteiger partial charge in [0.2, 0.25) is 0 Å². The molecule has 1 aliphatic heterocycles. The van der Waals surface area contributed by atoms with E-state index in [0.29, 0.717) is 17.0 Å². The molecule has 1 N–H and O–H groups in total. The Bertz CT molecular complexity index is 1330. The van der Waals surface area contributed by atoms with E-state index in [-0.39, 0.29) is 13.0 Å². The van der Waals surface area contributed by atoms with Crippen LogP contribution in [-0.4, -0.2) is 38.8 Å². The monoisotopic (exact) mass is 480 g/mol. The molecule has 1 saturated heterocycles. The van der Waals surface area contributed by atoms with Crippen molar-refractivity contribution in [3.63, 3.8) is 0 Å². The van der Waals surface area contributed by atoms with Crippen molar-refractivity contribution in [1.29, 1.82) is 0 Å². The number of imidazole rings is 1. The van der Waals surface area contributed by atoms with Crippen LogP contribution >= 0.6 is 0 Å². The Balaban J connectivity index is 1.32. The Hall–Kier alpha value is -3.94. The predicted octanol–water partition coefficient (Wildman–Crippen LogP) is 5.53. The van der Waals surface area contributed by atoms with E-state index in [1.807, 2.05) is 54.6 Å². The predicted molar refractivity (Wildman–Crippen MR) is 134 cm³/mol. The van der Waals surface area contributed by atoms with Gasteiger partial charge in [-0.25, -0.2) is 19.3 Å². The van der Waals surface area contributed by atoms with Crippen molar-refractivity contribution in [3.8, 4) is 0 Å². The molecule has 3 aromatic carbocycles. The van der Waals surface area contributed by atoms with E-state index in [2.05, 4.69) is 56.3 Å². The number of benzene rings is 3. The molecule has 7 heteroatoms. The van der Waals surface area contributed by atoms with Crippen LogP contribution in [0.4, 0.5) is 4.39 Å². The summed E-state index contributed by atoms with van der Waals surface area (Å²) in [7, 11) is 0. The normalized spacial score (nSPS) is 20.1. The molecule has 0 amide bonds. The Kier molecular flexibility index (Phi) is 6.01. The molecule has 3 atom stereocenters. The van der Waals surface area contributed by atoms with Crippen LogP contribution in [0.3, 0.4) is 0 Å². The van der Waals surface area contributed by atoms with Crippen molar-refractivity contribution >= 4 is 11.2 Å². The topological polar surface area (TPSA) is 72.9 Å². The molecule has 1 aliphatic rings. The van der Waals surface area contributed by atoms with Crippen molar-refractivity contribution in [1.82, 2.24) is 19.9 Å². The molecule has 180 valence electrons. The summed E-state index contributed by atoms with van der Waals surface area (Å²) in [5.41, 5.74) is 3.27. The summed E-state index contributed by atoms with van der Waals surface area (Å²) in [6.07, 6.45) is 0.771. The summed E-state index contributed by atoms with van der Waals surface area (Å²) < 4.78 is 28.1. The van der Waals surface area contributed by atoms with Crippen LogP contribution in [0, 0.1) is 0 Å². The fourth-order valence-corrected chi connectivity index (χ4v) is 4.93. The molecule has 2 aromatic heterocycles. The third-order valence-corrected chi connectivity index (χ3v) is 6.63. The highest BCUT2D eigenvalue weighted by atomic mass is 19.1. The van der Waals surface area contributed by atoms with Crippen LogP contribution in [0.5, 0.6) is 0 Å². The number of aromatic nitrogens is 4. The summed E-state index contributed by atoms with van der Waals surface area (Å²) in [5, 5.41) is 0. The number of hydrogen-bond acceptors (Lipinski definition) is 5. The van der Waals surface area contributed by atoms with Crippen molar-refractivity contribution in [2.75, 3.05) is 6.61 Å². The maximum absolute atomic E-state index is 15.2. The van der Waals surface area contributed by atoms with Gasteiger partial charge in [-0.15, -0.1) is 0 Å². The molecular formula is C29H25FN4O2. The summed E-state index contributed by atoms with van der Waals surface area (Å²) >= 11 is 0. The number of alkyl halides is 1. The molecule has 5 aromatic rings. The first-order valence-corrected chi connectivity index (χ1v) is 12.0. The standard InChI is InChI=1S/C29H25FN4O2/c30-24-16-23(36-26(24)28-31-17-25-27(34-28)33-19-32-25)18-35-29(20-10-4-1-5-11-20,21-12-6-2-7-13-21)22-14-8-3-9-15-22/h1-15,17,19,23-24,26H,16,18H2,(H,31,32,33,34)/t23-,24-,26+/m0/s1. The van der Waals surface area contributed by atoms with E-state index in [9.17, 15) is 0 Å². The first-order valence-electron chi connectivity index (χ1n) is 12.0. The lowest BCUT2D eigenvalue weighted by molar-refractivity contribution is -0.0659. The maximum atomic E-state index is 15.2. The summed E-state index contributed by atoms with van der Waals surface area (Å²) in [5.74, 6) is 0.308. The highest BCUT2D eigenvalue weighted by Crippen LogP contribution is 2.42. The number of halogens is 1. The number of H-pyrrole nitrogens is 1. The minimum Gasteiger partial charge on any atom is -0.361 e. The van der Waals surface area contributed by atoms with Crippen molar-refractivity contribution in [3.05, 3.63) is 126 Å². The van der Waals surface area contributed by atoms with Gasteiger partial charge in [-0.05, 0) is 16.7 Å².